The van der Waals surface area contributed by atoms with Crippen molar-refractivity contribution >= 4 is 11.6 Å². The molecule has 0 bridgehead atoms. The van der Waals surface area contributed by atoms with E-state index < -0.39 is 39.3 Å². The first-order valence-corrected chi connectivity index (χ1v) is 5.82. The summed E-state index contributed by atoms with van der Waals surface area (Å²) in [6, 6.07) is 0.811. The van der Waals surface area contributed by atoms with Gasteiger partial charge in [-0.2, -0.15) is 4.39 Å². The molecule has 1 amide bonds. The Morgan fingerprint density at radius 2 is 2.05 bits per heavy atom. The van der Waals surface area contributed by atoms with Crippen molar-refractivity contribution in [1.82, 2.24) is 5.32 Å². The van der Waals surface area contributed by atoms with Gasteiger partial charge >= 0.3 is 5.69 Å². The molecule has 0 aliphatic heterocycles. The number of benzene rings is 1. The zero-order valence-electron chi connectivity index (χ0n) is 10.9. The first-order chi connectivity index (χ1) is 9.18. The van der Waals surface area contributed by atoms with Crippen LogP contribution in [0.15, 0.2) is 12.1 Å². The highest BCUT2D eigenvalue weighted by Gasteiger charge is 2.24. The number of halogens is 2. The quantitative estimate of drug-likeness (QED) is 0.638. The van der Waals surface area contributed by atoms with Crippen molar-refractivity contribution in [1.29, 1.82) is 0 Å². The molecule has 1 rings (SSSR count). The van der Waals surface area contributed by atoms with Crippen molar-refractivity contribution in [3.8, 4) is 0 Å². The molecule has 0 aromatic heterocycles. The van der Waals surface area contributed by atoms with Crippen LogP contribution in [0.25, 0.3) is 0 Å². The van der Waals surface area contributed by atoms with E-state index in [-0.39, 0.29) is 12.6 Å². The van der Waals surface area contributed by atoms with E-state index >= 15 is 0 Å². The highest BCUT2D eigenvalue weighted by Crippen LogP contribution is 2.21. The van der Waals surface area contributed by atoms with E-state index in [1.54, 1.807) is 6.92 Å². The van der Waals surface area contributed by atoms with Crippen LogP contribution in [0.3, 0.4) is 0 Å². The summed E-state index contributed by atoms with van der Waals surface area (Å²) in [4.78, 5) is 21.2. The first-order valence-electron chi connectivity index (χ1n) is 5.82. The van der Waals surface area contributed by atoms with E-state index in [0.29, 0.717) is 12.5 Å². The van der Waals surface area contributed by atoms with Crippen LogP contribution in [-0.2, 0) is 0 Å². The summed E-state index contributed by atoms with van der Waals surface area (Å²) >= 11 is 0. The lowest BCUT2D eigenvalue weighted by atomic mass is 10.0. The third-order valence-corrected chi connectivity index (χ3v) is 2.87. The Balaban J connectivity index is 2.99. The van der Waals surface area contributed by atoms with Gasteiger partial charge in [-0.25, -0.2) is 4.39 Å². The molecule has 110 valence electrons. The number of nitro groups is 1. The Labute approximate surface area is 113 Å². The van der Waals surface area contributed by atoms with Gasteiger partial charge < -0.3 is 10.4 Å². The zero-order valence-corrected chi connectivity index (χ0v) is 10.9. The molecule has 1 unspecified atom stereocenters. The fourth-order valence-corrected chi connectivity index (χ4v) is 1.34. The van der Waals surface area contributed by atoms with Crippen LogP contribution in [0.5, 0.6) is 0 Å². The highest BCUT2D eigenvalue weighted by molar-refractivity contribution is 5.95. The van der Waals surface area contributed by atoms with Crippen LogP contribution in [-0.4, -0.2) is 28.1 Å². The first kappa shape index (κ1) is 16.0. The van der Waals surface area contributed by atoms with E-state index in [1.165, 1.54) is 6.92 Å². The molecule has 0 saturated heterocycles. The van der Waals surface area contributed by atoms with Gasteiger partial charge in [0.25, 0.3) is 5.91 Å². The van der Waals surface area contributed by atoms with Gasteiger partial charge in [-0.3, -0.25) is 14.9 Å². The molecule has 8 heteroatoms. The fourth-order valence-electron chi connectivity index (χ4n) is 1.34. The molecule has 2 N–H and O–H groups in total. The summed E-state index contributed by atoms with van der Waals surface area (Å²) in [7, 11) is 0. The maximum absolute atomic E-state index is 13.5. The van der Waals surface area contributed by atoms with Crippen LogP contribution >= 0.6 is 0 Å². The molecule has 6 nitrogen and oxygen atoms in total. The van der Waals surface area contributed by atoms with Gasteiger partial charge in [0.15, 0.2) is 0 Å². The lowest BCUT2D eigenvalue weighted by molar-refractivity contribution is -0.387. The minimum Gasteiger partial charge on any atom is -0.388 e. The van der Waals surface area contributed by atoms with Gasteiger partial charge in [-0.1, -0.05) is 6.92 Å². The Morgan fingerprint density at radius 3 is 2.55 bits per heavy atom. The minimum absolute atomic E-state index is 0.160. The number of hydrogen-bond acceptors (Lipinski definition) is 4. The molecule has 0 aliphatic rings. The standard InChI is InChI=1S/C12H14F2N2O4/c1-3-12(2,18)6-15-11(17)7-4-10(16(19)20)9(14)5-8(7)13/h4-5,18H,3,6H2,1-2H3,(H,15,17). The molecule has 1 aromatic carbocycles. The number of hydrogen-bond donors (Lipinski definition) is 2. The van der Waals surface area contributed by atoms with Crippen molar-refractivity contribution in [3.63, 3.8) is 0 Å². The van der Waals surface area contributed by atoms with E-state index in [9.17, 15) is 28.8 Å². The largest absolute Gasteiger partial charge is 0.388 e. The van der Waals surface area contributed by atoms with Gasteiger partial charge in [0.1, 0.15) is 5.82 Å². The normalized spacial score (nSPS) is 13.7. The fraction of sp³-hybridized carbons (Fsp3) is 0.417. The van der Waals surface area contributed by atoms with Gasteiger partial charge in [0, 0.05) is 18.7 Å². The van der Waals surface area contributed by atoms with Crippen molar-refractivity contribution in [2.75, 3.05) is 6.54 Å². The number of carbonyl (C=O) groups excluding carboxylic acids is 1. The van der Waals surface area contributed by atoms with Gasteiger partial charge in [0.2, 0.25) is 5.82 Å². The van der Waals surface area contributed by atoms with Crippen molar-refractivity contribution < 1.29 is 23.6 Å². The summed E-state index contributed by atoms with van der Waals surface area (Å²) in [5.41, 5.74) is -2.82. The van der Waals surface area contributed by atoms with Crippen LogP contribution in [0.1, 0.15) is 30.6 Å². The number of rotatable bonds is 5. The Hall–Kier alpha value is -2.09. The lowest BCUT2D eigenvalue weighted by Crippen LogP contribution is -2.40. The van der Waals surface area contributed by atoms with Gasteiger partial charge in [-0.15, -0.1) is 0 Å². The van der Waals surface area contributed by atoms with Crippen LogP contribution in [0.4, 0.5) is 14.5 Å². The average Bonchev–Trinajstić information content (AvgIpc) is 2.35. The summed E-state index contributed by atoms with van der Waals surface area (Å²) < 4.78 is 26.6. The molecule has 0 fully saturated rings. The second-order valence-corrected chi connectivity index (χ2v) is 4.57. The van der Waals surface area contributed by atoms with Crippen LogP contribution in [0, 0.1) is 21.7 Å². The van der Waals surface area contributed by atoms with Crippen molar-refractivity contribution in [2.24, 2.45) is 0 Å². The topological polar surface area (TPSA) is 92.5 Å². The van der Waals surface area contributed by atoms with Gasteiger partial charge in [0.05, 0.1) is 16.1 Å². The van der Waals surface area contributed by atoms with Gasteiger partial charge in [-0.05, 0) is 13.3 Å². The average molecular weight is 288 g/mol. The third-order valence-electron chi connectivity index (χ3n) is 2.87. The molecule has 0 radical (unpaired) electrons. The van der Waals surface area contributed by atoms with Crippen LogP contribution < -0.4 is 5.32 Å². The molecule has 0 heterocycles. The van der Waals surface area contributed by atoms with Crippen LogP contribution in [0.2, 0.25) is 0 Å². The van der Waals surface area contributed by atoms with E-state index in [1.807, 2.05) is 0 Å². The van der Waals surface area contributed by atoms with E-state index in [4.69, 9.17) is 0 Å². The predicted molar refractivity (Wildman–Crippen MR) is 66.3 cm³/mol. The zero-order chi connectivity index (χ0) is 15.5. The summed E-state index contributed by atoms with van der Waals surface area (Å²) in [5.74, 6) is -3.52. The number of nitro benzene ring substituents is 1. The number of amides is 1. The number of aliphatic hydroxyl groups is 1. The smallest absolute Gasteiger partial charge is 0.305 e. The molecular formula is C12H14F2N2O4. The number of nitrogens with one attached hydrogen (secondary N) is 1. The summed E-state index contributed by atoms with van der Waals surface area (Å²) in [6.07, 6.45) is 0.347. The SMILES string of the molecule is CCC(C)(O)CNC(=O)c1cc([N+](=O)[O-])c(F)cc1F. The van der Waals surface area contributed by atoms with Crippen molar-refractivity contribution in [2.45, 2.75) is 25.9 Å². The summed E-state index contributed by atoms with van der Waals surface area (Å²) in [5, 5.41) is 22.5. The Morgan fingerprint density at radius 1 is 1.45 bits per heavy atom. The molecule has 0 aliphatic carbocycles. The maximum atomic E-state index is 13.5. The third kappa shape index (κ3) is 3.70. The molecule has 1 aromatic rings. The second-order valence-electron chi connectivity index (χ2n) is 4.57. The van der Waals surface area contributed by atoms with E-state index in [0.717, 1.165) is 0 Å². The number of carbonyl (C=O) groups is 1. The molecule has 1 atom stereocenters. The minimum atomic E-state index is -1.36. The lowest BCUT2D eigenvalue weighted by Gasteiger charge is -2.21. The second kappa shape index (κ2) is 5.91. The molecule has 0 spiro atoms. The number of nitrogens with zero attached hydrogens (tertiary/aromatic N) is 1. The predicted octanol–water partition coefficient (Wildman–Crippen LogP) is 1.76. The van der Waals surface area contributed by atoms with Crippen molar-refractivity contribution in [3.05, 3.63) is 39.4 Å². The molecule has 20 heavy (non-hydrogen) atoms. The summed E-state index contributed by atoms with van der Waals surface area (Å²) in [6.45, 7) is 3.00. The Kier molecular flexibility index (Phi) is 4.72. The molecule has 0 saturated carbocycles. The maximum Gasteiger partial charge on any atom is 0.305 e. The Bertz CT molecular complexity index is 547. The van der Waals surface area contributed by atoms with E-state index in [2.05, 4.69) is 5.32 Å². The highest BCUT2D eigenvalue weighted by atomic mass is 19.1. The molecular weight excluding hydrogens is 274 g/mol. The monoisotopic (exact) mass is 288 g/mol.